The Bertz CT molecular complexity index is 3120. The fraction of sp³-hybridized carbons (Fsp3) is 0.884. The van der Waals surface area contributed by atoms with Crippen LogP contribution in [-0.2, 0) is 124 Å². The highest BCUT2D eigenvalue weighted by molar-refractivity contribution is 5.77. The van der Waals surface area contributed by atoms with E-state index in [2.05, 4.69) is 5.32 Å². The van der Waals surface area contributed by atoms with Gasteiger partial charge in [-0.2, -0.15) is 0 Å². The Morgan fingerprint density at radius 2 is 0.707 bits per heavy atom. The summed E-state index contributed by atoms with van der Waals surface area (Å²) < 4.78 is 98.4. The number of nitrogens with one attached hydrogen (secondary N) is 1. The van der Waals surface area contributed by atoms with Crippen molar-refractivity contribution in [1.82, 2.24) is 5.32 Å². The van der Waals surface area contributed by atoms with Crippen LogP contribution in [0.1, 0.15) is 285 Å². The van der Waals surface area contributed by atoms with Crippen LogP contribution in [0.15, 0.2) is 0 Å². The molecule has 0 saturated carbocycles. The summed E-state index contributed by atoms with van der Waals surface area (Å²) in [4.78, 5) is 118. The van der Waals surface area contributed by atoms with Crippen molar-refractivity contribution in [2.24, 2.45) is 35.1 Å². The standard InChI is InChI=1S/C29H50N2O12.C29H49NO12.C27H48O10.CH4/c1-15-12-21(32)19(5)40-27(15)38-17(3)8-7-9-25(35)42-23-13-22(43-26(36)16(2)14-31-29(30)37)20(6)41-28(23)39-18(4)10-11-24(33)34;1-16(9-11-24(30)32)27(36)42-22-15-23(29(40-20(22)5)38-18(3)10-12-25(33)34)41-26(35)8-6-7-13-37-28-17(2)14-21(31)19(4)39-28;1-16(28)10-6-7-11-17(2)34-27-23(31)15-24(20(5)36-27)37-25(32)13-9-8-12-18(3)33-26-22(30)14-21(29)19(4)35-26;/h15-23,27-28,32H,7-14H2,1-6H3,(H,33,34)(H3,30,31,37);16-23,28-29,31H,6-15H2,1-5H3,(H2,30,32)(H,33,34);17-24,26-27,29-31H,6-15H2,1-5H3;1H4/t15?,16-,17-,18-,19?,20?,21-,22-,23?,27-,28-;16-,17?,18-,19?,20?,21-,22-,23?,28-,29-;17-,18-,19?,20?,21-,22?,23?,24-,26-,27-;/m111./s1. The number of amides is 3. The van der Waals surface area contributed by atoms with Gasteiger partial charge in [0, 0.05) is 95.6 Å². The van der Waals surface area contributed by atoms with Crippen LogP contribution < -0.4 is 16.8 Å². The molecule has 12 N–H and O–H groups in total. The van der Waals surface area contributed by atoms with Crippen LogP contribution in [-0.4, -0.2) is 274 Å². The number of carboxylic acids is 2. The summed E-state index contributed by atoms with van der Waals surface area (Å²) in [5, 5.41) is 70.5. The van der Waals surface area contributed by atoms with Gasteiger partial charge < -0.3 is 138 Å². The molecule has 6 fully saturated rings. The fourth-order valence-corrected chi connectivity index (χ4v) is 14.2. The van der Waals surface area contributed by atoms with Crippen molar-refractivity contribution in [2.75, 3.05) is 13.2 Å². The summed E-state index contributed by atoms with van der Waals surface area (Å²) >= 11 is 0. The zero-order chi connectivity index (χ0) is 91.2. The van der Waals surface area contributed by atoms with Crippen LogP contribution in [0.4, 0.5) is 4.79 Å². The highest BCUT2D eigenvalue weighted by atomic mass is 16.7. The lowest BCUT2D eigenvalue weighted by atomic mass is 9.96. The number of rotatable bonds is 48. The van der Waals surface area contributed by atoms with Gasteiger partial charge in [-0.15, -0.1) is 0 Å². The van der Waals surface area contributed by atoms with E-state index in [0.717, 1.165) is 25.7 Å². The number of esters is 5. The molecular weight excluding hydrogens is 1620 g/mol. The third kappa shape index (κ3) is 43.6. The van der Waals surface area contributed by atoms with Gasteiger partial charge in [0.05, 0.1) is 97.3 Å². The second kappa shape index (κ2) is 57.8. The minimum atomic E-state index is -0.990. The maximum Gasteiger partial charge on any atom is 0.312 e. The minimum Gasteiger partial charge on any atom is -0.481 e. The number of ether oxygens (including phenoxy) is 17. The first-order chi connectivity index (χ1) is 57.4. The van der Waals surface area contributed by atoms with E-state index in [0.29, 0.717) is 64.4 Å². The number of hydrogen-bond acceptors (Lipinski definition) is 32. The lowest BCUT2D eigenvalue weighted by Gasteiger charge is -2.40. The topological polar surface area (TPSA) is 533 Å². The van der Waals surface area contributed by atoms with Gasteiger partial charge in [0.15, 0.2) is 49.9 Å². The van der Waals surface area contributed by atoms with Gasteiger partial charge in [-0.05, 0) is 167 Å². The van der Waals surface area contributed by atoms with Gasteiger partial charge in [0.2, 0.25) is 5.91 Å². The second-order valence-electron chi connectivity index (χ2n) is 34.1. The number of urea groups is 1. The largest absolute Gasteiger partial charge is 0.481 e. The zero-order valence-electron chi connectivity index (χ0n) is 74.5. The maximum atomic E-state index is 12.9. The Morgan fingerprint density at radius 1 is 0.358 bits per heavy atom. The first kappa shape index (κ1) is 111. The monoisotopic (exact) mass is 1770 g/mol. The Balaban J connectivity index is 0.000000476. The molecule has 0 spiro atoms. The number of hydrogen-bond donors (Lipinski definition) is 10. The van der Waals surface area contributed by atoms with E-state index in [-0.39, 0.29) is 152 Å². The third-order valence-electron chi connectivity index (χ3n) is 22.2. The maximum absolute atomic E-state index is 12.9. The van der Waals surface area contributed by atoms with Crippen LogP contribution in [0, 0.1) is 23.7 Å². The van der Waals surface area contributed by atoms with Gasteiger partial charge in [0.25, 0.3) is 0 Å². The number of aliphatic hydroxyl groups excluding tert-OH is 5. The number of primary amides is 2. The summed E-state index contributed by atoms with van der Waals surface area (Å²) in [6.45, 7) is 28.8. The number of aliphatic carboxylic acids is 2. The Morgan fingerprint density at radius 3 is 1.16 bits per heavy atom. The number of carbonyl (C=O) groups excluding carboxylic acids is 8. The molecule has 12 unspecified atom stereocenters. The number of aliphatic hydroxyl groups is 5. The molecule has 0 radical (unpaired) electrons. The molecule has 6 aliphatic rings. The molecule has 0 aromatic heterocycles. The van der Waals surface area contributed by atoms with Gasteiger partial charge in [-0.3, -0.25) is 38.4 Å². The smallest absolute Gasteiger partial charge is 0.312 e. The van der Waals surface area contributed by atoms with Crippen molar-refractivity contribution in [3.63, 3.8) is 0 Å². The molecule has 123 heavy (non-hydrogen) atoms. The van der Waals surface area contributed by atoms with Crippen molar-refractivity contribution in [3.05, 3.63) is 0 Å². The van der Waals surface area contributed by atoms with E-state index in [1.807, 2.05) is 34.6 Å². The number of nitrogens with two attached hydrogens (primary N) is 2. The number of carboxylic acid groups (broad SMARTS) is 2. The number of carbonyl (C=O) groups is 10. The lowest BCUT2D eigenvalue weighted by Crippen LogP contribution is -2.51. The summed E-state index contributed by atoms with van der Waals surface area (Å²) in [5.41, 5.74) is 10.3. The van der Waals surface area contributed by atoms with E-state index in [9.17, 15) is 73.5 Å². The zero-order valence-corrected chi connectivity index (χ0v) is 74.5. The average Bonchev–Trinajstić information content (AvgIpc) is 0.828. The summed E-state index contributed by atoms with van der Waals surface area (Å²) in [7, 11) is 0. The van der Waals surface area contributed by atoms with Crippen molar-refractivity contribution in [1.29, 1.82) is 0 Å². The fourth-order valence-electron chi connectivity index (χ4n) is 14.2. The van der Waals surface area contributed by atoms with Crippen LogP contribution in [0.2, 0.25) is 0 Å². The van der Waals surface area contributed by atoms with E-state index >= 15 is 0 Å². The van der Waals surface area contributed by atoms with Gasteiger partial charge in [0.1, 0.15) is 36.3 Å². The summed E-state index contributed by atoms with van der Waals surface area (Å²) in [5.74, 6) is -5.81. The van der Waals surface area contributed by atoms with E-state index in [4.69, 9.17) is 102 Å². The van der Waals surface area contributed by atoms with Crippen molar-refractivity contribution >= 4 is 59.5 Å². The molecular formula is C86H151N3O34. The molecule has 37 nitrogen and oxygen atoms in total. The van der Waals surface area contributed by atoms with Crippen molar-refractivity contribution < 1.29 is 164 Å². The molecule has 0 aliphatic carbocycles. The number of Topliss-reactive ketones (excluding diaryl/α,β-unsaturated/α-hetero) is 1. The van der Waals surface area contributed by atoms with E-state index < -0.39 is 195 Å². The molecule has 6 saturated heterocycles. The van der Waals surface area contributed by atoms with Crippen molar-refractivity contribution in [3.8, 4) is 0 Å². The quantitative estimate of drug-likeness (QED) is 0.0156. The third-order valence-corrected chi connectivity index (χ3v) is 22.2. The Kier molecular flexibility index (Phi) is 52.2. The normalized spacial score (nSPS) is 31.8. The lowest BCUT2D eigenvalue weighted by molar-refractivity contribution is -0.280. The SMILES string of the molecule is C.CC(=O)CCCC[C@@H](C)O[C@@H]1OC(C)[C@H](OC(=O)CCCC[C@@H](C)O[C@@H]2OC(C)[C@H](O)CC2O)CC1O.CC1C[C@@H](O)C(C)O[C@H]1OCCCCC(=O)OC1C[C@@H](OC(=O)[C@H](C)CCC(N)=O)C(C)O[C@H]1O[C@H](C)CCC(=O)O.CC1C[C@@H](O)C(C)O[C@H]1O[C@H](C)CCCC(=O)OC1C[C@@H](OC(=O)[C@H](C)CNC(N)=O)C(C)O[C@H]1O[C@H](C)CCC(=O)O. The molecule has 0 aromatic rings. The van der Waals surface area contributed by atoms with E-state index in [1.54, 1.807) is 76.2 Å². The number of ketones is 1. The van der Waals surface area contributed by atoms with Gasteiger partial charge in [-0.1, -0.05) is 48.0 Å². The number of unbranched alkanes of at least 4 members (excludes halogenated alkanes) is 3. The molecule has 714 valence electrons. The van der Waals surface area contributed by atoms with Crippen LogP contribution in [0.3, 0.4) is 0 Å². The predicted octanol–water partition coefficient (Wildman–Crippen LogP) is 8.07. The van der Waals surface area contributed by atoms with Crippen LogP contribution >= 0.6 is 0 Å². The first-order valence-electron chi connectivity index (χ1n) is 43.8. The molecule has 3 amide bonds. The molecule has 6 heterocycles. The van der Waals surface area contributed by atoms with E-state index in [1.165, 1.54) is 0 Å². The molecule has 37 heteroatoms. The highest BCUT2D eigenvalue weighted by Gasteiger charge is 2.46. The Hall–Kier alpha value is -5.98. The van der Waals surface area contributed by atoms with Crippen molar-refractivity contribution in [2.45, 2.75) is 451 Å². The molecule has 0 bridgehead atoms. The summed E-state index contributed by atoms with van der Waals surface area (Å²) in [6, 6.07) is -0.759. The van der Waals surface area contributed by atoms with Crippen LogP contribution in [0.25, 0.3) is 0 Å². The molecule has 6 aliphatic heterocycles. The molecule has 0 aromatic carbocycles. The van der Waals surface area contributed by atoms with Gasteiger partial charge >= 0.3 is 47.8 Å². The second-order valence-corrected chi connectivity index (χ2v) is 34.1. The average molecular weight is 1770 g/mol. The predicted molar refractivity (Wildman–Crippen MR) is 440 cm³/mol. The molecule has 31 atom stereocenters. The van der Waals surface area contributed by atoms with Crippen LogP contribution in [0.5, 0.6) is 0 Å². The van der Waals surface area contributed by atoms with Gasteiger partial charge in [-0.25, -0.2) is 4.79 Å². The highest BCUT2D eigenvalue weighted by Crippen LogP contribution is 2.35. The minimum absolute atomic E-state index is 0. The Labute approximate surface area is 725 Å². The molecule has 6 rings (SSSR count). The summed E-state index contributed by atoms with van der Waals surface area (Å²) in [6.07, 6.45) is -5.67. The first-order valence-corrected chi connectivity index (χ1v) is 43.8.